The first-order chi connectivity index (χ1) is 12.4. The second-order valence-corrected chi connectivity index (χ2v) is 6.15. The molecule has 134 valence electrons. The molecule has 0 bridgehead atoms. The van der Waals surface area contributed by atoms with E-state index in [2.05, 4.69) is 0 Å². The fourth-order valence-electron chi connectivity index (χ4n) is 2.92. The van der Waals surface area contributed by atoms with Gasteiger partial charge >= 0.3 is 17.8 Å². The second-order valence-electron chi connectivity index (χ2n) is 6.15. The first kappa shape index (κ1) is 17.7. The van der Waals surface area contributed by atoms with Gasteiger partial charge in [-0.15, -0.1) is 0 Å². The third-order valence-electron chi connectivity index (χ3n) is 4.29. The van der Waals surface area contributed by atoms with E-state index in [1.54, 1.807) is 24.3 Å². The van der Waals surface area contributed by atoms with Gasteiger partial charge in [0, 0.05) is 0 Å². The summed E-state index contributed by atoms with van der Waals surface area (Å²) in [4.78, 5) is 39.6. The molecule has 1 heterocycles. The van der Waals surface area contributed by atoms with Crippen LogP contribution in [-0.2, 0) is 16.1 Å². The van der Waals surface area contributed by atoms with E-state index in [4.69, 9.17) is 4.74 Å². The molecular formula is C20H20N2O4. The molecule has 0 spiro atoms. The Labute approximate surface area is 152 Å². The van der Waals surface area contributed by atoms with Crippen LogP contribution in [0.5, 0.6) is 5.75 Å². The minimum absolute atomic E-state index is 0.0597. The Morgan fingerprint density at radius 1 is 0.962 bits per heavy atom. The molecule has 1 aliphatic rings. The van der Waals surface area contributed by atoms with Crippen molar-refractivity contribution in [2.75, 3.05) is 11.5 Å². The van der Waals surface area contributed by atoms with Crippen LogP contribution >= 0.6 is 0 Å². The summed E-state index contributed by atoms with van der Waals surface area (Å²) < 4.78 is 5.49. The van der Waals surface area contributed by atoms with Crippen molar-refractivity contribution in [2.45, 2.75) is 27.3 Å². The number of urea groups is 1. The van der Waals surface area contributed by atoms with Crippen LogP contribution in [0.3, 0.4) is 0 Å². The molecule has 3 rings (SSSR count). The fraction of sp³-hybridized carbons (Fsp3) is 0.250. The van der Waals surface area contributed by atoms with Crippen LogP contribution in [0.25, 0.3) is 0 Å². The zero-order valence-corrected chi connectivity index (χ0v) is 15.0. The van der Waals surface area contributed by atoms with Crippen LogP contribution in [-0.4, -0.2) is 29.4 Å². The number of imide groups is 2. The average molecular weight is 352 g/mol. The van der Waals surface area contributed by atoms with Crippen LogP contribution in [0.1, 0.15) is 23.6 Å². The number of aryl methyl sites for hydroxylation is 2. The monoisotopic (exact) mass is 352 g/mol. The van der Waals surface area contributed by atoms with Crippen molar-refractivity contribution in [2.24, 2.45) is 0 Å². The van der Waals surface area contributed by atoms with Gasteiger partial charge in [-0.3, -0.25) is 14.5 Å². The number of carbonyl (C=O) groups is 3. The van der Waals surface area contributed by atoms with Gasteiger partial charge in [0.25, 0.3) is 0 Å². The van der Waals surface area contributed by atoms with E-state index in [0.717, 1.165) is 26.5 Å². The molecule has 0 N–H and O–H groups in total. The van der Waals surface area contributed by atoms with Crippen molar-refractivity contribution in [1.82, 2.24) is 4.90 Å². The summed E-state index contributed by atoms with van der Waals surface area (Å²) in [5.74, 6) is -1.31. The van der Waals surface area contributed by atoms with Crippen LogP contribution < -0.4 is 9.64 Å². The number of hydrogen-bond acceptors (Lipinski definition) is 4. The molecule has 0 atom stereocenters. The van der Waals surface area contributed by atoms with E-state index < -0.39 is 17.8 Å². The molecule has 0 aromatic heterocycles. The van der Waals surface area contributed by atoms with Crippen molar-refractivity contribution >= 4 is 23.5 Å². The molecule has 1 saturated heterocycles. The summed E-state index contributed by atoms with van der Waals surface area (Å²) in [6.07, 6.45) is 0. The smallest absolute Gasteiger partial charge is 0.339 e. The summed E-state index contributed by atoms with van der Waals surface area (Å²) in [5.41, 5.74) is 3.09. The molecule has 1 aliphatic heterocycles. The highest BCUT2D eigenvalue weighted by atomic mass is 16.5. The third kappa shape index (κ3) is 3.06. The zero-order valence-electron chi connectivity index (χ0n) is 15.0. The summed E-state index contributed by atoms with van der Waals surface area (Å²) in [6.45, 7) is 6.09. The molecule has 6 heteroatoms. The lowest BCUT2D eigenvalue weighted by Crippen LogP contribution is -2.33. The third-order valence-corrected chi connectivity index (χ3v) is 4.29. The summed E-state index contributed by atoms with van der Waals surface area (Å²) >= 11 is 0. The zero-order chi connectivity index (χ0) is 18.8. The summed E-state index contributed by atoms with van der Waals surface area (Å²) in [6, 6.07) is 11.8. The van der Waals surface area contributed by atoms with Crippen molar-refractivity contribution < 1.29 is 19.1 Å². The van der Waals surface area contributed by atoms with Crippen LogP contribution in [0, 0.1) is 13.8 Å². The molecule has 1 fully saturated rings. The number of anilines is 1. The number of amides is 4. The molecule has 6 nitrogen and oxygen atoms in total. The highest BCUT2D eigenvalue weighted by molar-refractivity contribution is 6.52. The van der Waals surface area contributed by atoms with E-state index in [-0.39, 0.29) is 12.2 Å². The van der Waals surface area contributed by atoms with Crippen LogP contribution in [0.4, 0.5) is 10.5 Å². The Kier molecular flexibility index (Phi) is 4.75. The van der Waals surface area contributed by atoms with E-state index in [0.29, 0.717) is 12.4 Å². The summed E-state index contributed by atoms with van der Waals surface area (Å²) in [7, 11) is 0. The molecule has 2 aromatic rings. The topological polar surface area (TPSA) is 66.9 Å². The van der Waals surface area contributed by atoms with Crippen molar-refractivity contribution in [3.05, 3.63) is 59.2 Å². The van der Waals surface area contributed by atoms with Gasteiger partial charge < -0.3 is 4.74 Å². The number of hydrogen-bond donors (Lipinski definition) is 0. The Morgan fingerprint density at radius 2 is 1.69 bits per heavy atom. The van der Waals surface area contributed by atoms with E-state index in [9.17, 15) is 14.4 Å². The Bertz CT molecular complexity index is 891. The maximum atomic E-state index is 12.8. The maximum Gasteiger partial charge on any atom is 0.339 e. The van der Waals surface area contributed by atoms with Gasteiger partial charge in [-0.05, 0) is 44.0 Å². The minimum atomic E-state index is -0.868. The number of carbonyl (C=O) groups excluding carboxylic acids is 3. The van der Waals surface area contributed by atoms with Gasteiger partial charge in [-0.25, -0.2) is 9.69 Å². The molecule has 0 aliphatic carbocycles. The number of ether oxygens (including phenoxy) is 1. The Morgan fingerprint density at radius 3 is 2.42 bits per heavy atom. The van der Waals surface area contributed by atoms with E-state index >= 15 is 0 Å². The number of nitrogens with zero attached hydrogens (tertiary/aromatic N) is 2. The SMILES string of the molecule is CCOc1ccccc1N1C(=O)C(=O)N(Cc2cc(C)ccc2C)C1=O. The lowest BCUT2D eigenvalue weighted by Gasteiger charge is -2.19. The van der Waals surface area contributed by atoms with Gasteiger partial charge in [0.2, 0.25) is 0 Å². The van der Waals surface area contributed by atoms with Crippen LogP contribution in [0.2, 0.25) is 0 Å². The highest BCUT2D eigenvalue weighted by Gasteiger charge is 2.46. The molecule has 0 unspecified atom stereocenters. The second kappa shape index (κ2) is 7.00. The predicted molar refractivity (Wildman–Crippen MR) is 97.0 cm³/mol. The maximum absolute atomic E-state index is 12.8. The first-order valence-electron chi connectivity index (χ1n) is 8.42. The molecular weight excluding hydrogens is 332 g/mol. The highest BCUT2D eigenvalue weighted by Crippen LogP contribution is 2.32. The molecule has 4 amide bonds. The lowest BCUT2D eigenvalue weighted by molar-refractivity contribution is -0.139. The normalized spacial score (nSPS) is 14.3. The van der Waals surface area contributed by atoms with Crippen molar-refractivity contribution in [3.8, 4) is 5.75 Å². The standard InChI is InChI=1S/C20H20N2O4/c1-4-26-17-8-6-5-7-16(17)22-19(24)18(23)21(20(22)25)12-15-11-13(2)9-10-14(15)3/h5-11H,4,12H2,1-3H3. The first-order valence-corrected chi connectivity index (χ1v) is 8.42. The van der Waals surface area contributed by atoms with Gasteiger partial charge in [0.15, 0.2) is 0 Å². The van der Waals surface area contributed by atoms with Crippen LogP contribution in [0.15, 0.2) is 42.5 Å². The van der Waals surface area contributed by atoms with E-state index in [1.165, 1.54) is 0 Å². The molecule has 0 radical (unpaired) electrons. The largest absolute Gasteiger partial charge is 0.492 e. The van der Waals surface area contributed by atoms with Crippen molar-refractivity contribution in [1.29, 1.82) is 0 Å². The minimum Gasteiger partial charge on any atom is -0.492 e. The van der Waals surface area contributed by atoms with Crippen molar-refractivity contribution in [3.63, 3.8) is 0 Å². The molecule has 26 heavy (non-hydrogen) atoms. The van der Waals surface area contributed by atoms with Gasteiger partial charge in [0.1, 0.15) is 5.75 Å². The average Bonchev–Trinajstić information content (AvgIpc) is 2.82. The molecule has 0 saturated carbocycles. The van der Waals surface area contributed by atoms with Gasteiger partial charge in [-0.1, -0.05) is 35.9 Å². The quantitative estimate of drug-likeness (QED) is 0.612. The number of para-hydroxylation sites is 2. The predicted octanol–water partition coefficient (Wildman–Crippen LogP) is 3.20. The fourth-order valence-corrected chi connectivity index (χ4v) is 2.92. The lowest BCUT2D eigenvalue weighted by atomic mass is 10.1. The van der Waals surface area contributed by atoms with Gasteiger partial charge in [0.05, 0.1) is 18.8 Å². The number of benzene rings is 2. The number of rotatable bonds is 5. The van der Waals surface area contributed by atoms with E-state index in [1.807, 2.05) is 39.0 Å². The Hall–Kier alpha value is -3.15. The molecule has 2 aromatic carbocycles. The van der Waals surface area contributed by atoms with Gasteiger partial charge in [-0.2, -0.15) is 0 Å². The Balaban J connectivity index is 1.95. The summed E-state index contributed by atoms with van der Waals surface area (Å²) in [5, 5.41) is 0.